The van der Waals surface area contributed by atoms with Gasteiger partial charge in [-0.2, -0.15) is 0 Å². The Morgan fingerprint density at radius 3 is 2.75 bits per heavy atom. The molecule has 0 aliphatic heterocycles. The summed E-state index contributed by atoms with van der Waals surface area (Å²) < 4.78 is 0.689. The van der Waals surface area contributed by atoms with E-state index in [1.807, 2.05) is 19.2 Å². The Bertz CT molecular complexity index is 614. The molecular weight excluding hydrogens is 322 g/mol. The van der Waals surface area contributed by atoms with Crippen LogP contribution in [0.1, 0.15) is 11.3 Å². The monoisotopic (exact) mass is 335 g/mol. The van der Waals surface area contributed by atoms with Crippen LogP contribution in [0.2, 0.25) is 0 Å². The van der Waals surface area contributed by atoms with Gasteiger partial charge in [0.15, 0.2) is 0 Å². The second-order valence-corrected chi connectivity index (χ2v) is 5.26. The third kappa shape index (κ3) is 3.77. The highest BCUT2D eigenvalue weighted by Crippen LogP contribution is 2.26. The van der Waals surface area contributed by atoms with Crippen LogP contribution in [0.25, 0.3) is 0 Å². The number of halogens is 1. The van der Waals surface area contributed by atoms with Crippen molar-refractivity contribution in [3.63, 3.8) is 0 Å². The number of nitro groups is 1. The first kappa shape index (κ1) is 14.5. The van der Waals surface area contributed by atoms with Crippen LogP contribution in [0.5, 0.6) is 0 Å². The van der Waals surface area contributed by atoms with Gasteiger partial charge in [0.25, 0.3) is 5.69 Å². The normalized spacial score (nSPS) is 10.3. The number of pyridine rings is 1. The maximum atomic E-state index is 10.6. The van der Waals surface area contributed by atoms with E-state index < -0.39 is 4.92 Å². The Morgan fingerprint density at radius 1 is 1.35 bits per heavy atom. The van der Waals surface area contributed by atoms with Crippen LogP contribution in [-0.2, 0) is 6.42 Å². The first-order valence-electron chi connectivity index (χ1n) is 6.15. The lowest BCUT2D eigenvalue weighted by molar-refractivity contribution is -0.384. The van der Waals surface area contributed by atoms with Gasteiger partial charge in [-0.3, -0.25) is 15.1 Å². The summed E-state index contributed by atoms with van der Waals surface area (Å²) >= 11 is 3.33. The molecular formula is C14H14BrN3O2. The van der Waals surface area contributed by atoms with E-state index in [-0.39, 0.29) is 5.69 Å². The number of non-ortho nitro benzene ring substituents is 1. The molecule has 1 heterocycles. The zero-order valence-corrected chi connectivity index (χ0v) is 12.6. The van der Waals surface area contributed by atoms with Crippen molar-refractivity contribution in [3.05, 3.63) is 62.4 Å². The second kappa shape index (κ2) is 6.47. The molecule has 0 saturated carbocycles. The van der Waals surface area contributed by atoms with E-state index in [1.54, 1.807) is 6.07 Å². The molecule has 2 aromatic rings. The minimum absolute atomic E-state index is 0.0742. The van der Waals surface area contributed by atoms with Crippen molar-refractivity contribution < 1.29 is 4.92 Å². The average Bonchev–Trinajstić information content (AvgIpc) is 2.42. The van der Waals surface area contributed by atoms with Gasteiger partial charge in [-0.25, -0.2) is 0 Å². The van der Waals surface area contributed by atoms with E-state index in [0.29, 0.717) is 4.47 Å². The molecule has 0 radical (unpaired) electrons. The van der Waals surface area contributed by atoms with Gasteiger partial charge in [-0.15, -0.1) is 0 Å². The first-order chi connectivity index (χ1) is 9.56. The molecule has 0 unspecified atom stereocenters. The van der Waals surface area contributed by atoms with Crippen LogP contribution in [-0.4, -0.2) is 16.5 Å². The van der Waals surface area contributed by atoms with Crippen molar-refractivity contribution in [1.29, 1.82) is 0 Å². The minimum atomic E-state index is -0.410. The number of nitrogens with one attached hydrogen (secondary N) is 1. The summed E-state index contributed by atoms with van der Waals surface area (Å²) in [6, 6.07) is 8.72. The summed E-state index contributed by atoms with van der Waals surface area (Å²) in [7, 11) is 0. The van der Waals surface area contributed by atoms with Crippen molar-refractivity contribution in [2.45, 2.75) is 13.3 Å². The predicted molar refractivity (Wildman–Crippen MR) is 82.0 cm³/mol. The average molecular weight is 336 g/mol. The zero-order valence-electron chi connectivity index (χ0n) is 11.0. The molecule has 0 spiro atoms. The Hall–Kier alpha value is -1.95. The molecule has 1 aromatic heterocycles. The Labute approximate surface area is 125 Å². The second-order valence-electron chi connectivity index (χ2n) is 4.41. The van der Waals surface area contributed by atoms with E-state index in [1.165, 1.54) is 12.1 Å². The van der Waals surface area contributed by atoms with E-state index in [9.17, 15) is 10.1 Å². The van der Waals surface area contributed by atoms with E-state index in [4.69, 9.17) is 0 Å². The van der Waals surface area contributed by atoms with Gasteiger partial charge in [0, 0.05) is 40.7 Å². The highest BCUT2D eigenvalue weighted by atomic mass is 79.9. The summed E-state index contributed by atoms with van der Waals surface area (Å²) in [4.78, 5) is 14.5. The molecule has 0 saturated heterocycles. The fraction of sp³-hybridized carbons (Fsp3) is 0.214. The van der Waals surface area contributed by atoms with Crippen molar-refractivity contribution in [1.82, 2.24) is 4.98 Å². The molecule has 104 valence electrons. The quantitative estimate of drug-likeness (QED) is 0.667. The number of aryl methyl sites for hydroxylation is 1. The van der Waals surface area contributed by atoms with Crippen LogP contribution in [0.15, 0.2) is 41.0 Å². The summed E-state index contributed by atoms with van der Waals surface area (Å²) in [5.41, 5.74) is 3.07. The molecule has 6 heteroatoms. The third-order valence-electron chi connectivity index (χ3n) is 2.87. The SMILES string of the molecule is Cc1ccc(CCNc2ccc([N+](=O)[O-])cc2Br)cn1. The largest absolute Gasteiger partial charge is 0.384 e. The molecule has 1 N–H and O–H groups in total. The number of aromatic nitrogens is 1. The summed E-state index contributed by atoms with van der Waals surface area (Å²) in [6.07, 6.45) is 2.71. The fourth-order valence-electron chi connectivity index (χ4n) is 1.75. The first-order valence-corrected chi connectivity index (χ1v) is 6.95. The van der Waals surface area contributed by atoms with E-state index in [0.717, 1.165) is 29.9 Å². The molecule has 5 nitrogen and oxygen atoms in total. The van der Waals surface area contributed by atoms with Gasteiger partial charge in [0.2, 0.25) is 0 Å². The van der Waals surface area contributed by atoms with Crippen LogP contribution in [0, 0.1) is 17.0 Å². The van der Waals surface area contributed by atoms with E-state index in [2.05, 4.69) is 32.3 Å². The predicted octanol–water partition coefficient (Wildman–Crippen LogP) is 3.72. The highest BCUT2D eigenvalue weighted by molar-refractivity contribution is 9.10. The Kier molecular flexibility index (Phi) is 4.68. The molecule has 0 bridgehead atoms. The summed E-state index contributed by atoms with van der Waals surface area (Å²) in [5, 5.41) is 13.9. The van der Waals surface area contributed by atoms with Crippen molar-refractivity contribution in [2.75, 3.05) is 11.9 Å². The van der Waals surface area contributed by atoms with Gasteiger partial charge in [0.05, 0.1) is 4.92 Å². The molecule has 1 aromatic carbocycles. The van der Waals surface area contributed by atoms with E-state index >= 15 is 0 Å². The molecule has 20 heavy (non-hydrogen) atoms. The zero-order chi connectivity index (χ0) is 14.5. The molecule has 0 fully saturated rings. The van der Waals surface area contributed by atoms with Gasteiger partial charge < -0.3 is 5.32 Å². The number of nitro benzene ring substituents is 1. The maximum absolute atomic E-state index is 10.6. The van der Waals surface area contributed by atoms with Gasteiger partial charge in [-0.05, 0) is 47.0 Å². The summed E-state index contributed by atoms with van der Waals surface area (Å²) in [6.45, 7) is 2.69. The van der Waals surface area contributed by atoms with Crippen LogP contribution >= 0.6 is 15.9 Å². The Morgan fingerprint density at radius 2 is 2.15 bits per heavy atom. The number of benzene rings is 1. The standard InChI is InChI=1S/C14H14BrN3O2/c1-10-2-3-11(9-17-10)6-7-16-14-5-4-12(18(19)20)8-13(14)15/h2-5,8-9,16H,6-7H2,1H3. The Balaban J connectivity index is 1.94. The summed E-state index contributed by atoms with van der Waals surface area (Å²) in [5.74, 6) is 0. The third-order valence-corrected chi connectivity index (χ3v) is 3.52. The lowest BCUT2D eigenvalue weighted by Crippen LogP contribution is -2.05. The van der Waals surface area contributed by atoms with Crippen molar-refractivity contribution in [2.24, 2.45) is 0 Å². The topological polar surface area (TPSA) is 68.1 Å². The lowest BCUT2D eigenvalue weighted by Gasteiger charge is -2.08. The minimum Gasteiger partial charge on any atom is -0.384 e. The van der Waals surface area contributed by atoms with Crippen molar-refractivity contribution in [3.8, 4) is 0 Å². The van der Waals surface area contributed by atoms with Crippen molar-refractivity contribution >= 4 is 27.3 Å². The van der Waals surface area contributed by atoms with Crippen LogP contribution in [0.3, 0.4) is 0 Å². The number of hydrogen-bond donors (Lipinski definition) is 1. The molecule has 0 aliphatic carbocycles. The number of rotatable bonds is 5. The molecule has 0 amide bonds. The van der Waals surface area contributed by atoms with Crippen LogP contribution < -0.4 is 5.32 Å². The molecule has 0 atom stereocenters. The van der Waals surface area contributed by atoms with Gasteiger partial charge >= 0.3 is 0 Å². The smallest absolute Gasteiger partial charge is 0.270 e. The molecule has 2 rings (SSSR count). The fourth-order valence-corrected chi connectivity index (χ4v) is 2.26. The van der Waals surface area contributed by atoms with Gasteiger partial charge in [0.1, 0.15) is 0 Å². The molecule has 0 aliphatic rings. The number of anilines is 1. The van der Waals surface area contributed by atoms with Crippen LogP contribution in [0.4, 0.5) is 11.4 Å². The van der Waals surface area contributed by atoms with Gasteiger partial charge in [-0.1, -0.05) is 6.07 Å². The number of nitrogens with zero attached hydrogens (tertiary/aromatic N) is 2. The highest BCUT2D eigenvalue weighted by Gasteiger charge is 2.08. The lowest BCUT2D eigenvalue weighted by atomic mass is 10.2. The number of hydrogen-bond acceptors (Lipinski definition) is 4. The maximum Gasteiger partial charge on any atom is 0.270 e.